The molecular formula is C13H10BrN3OS2. The molecule has 3 rings (SSSR count). The van der Waals surface area contributed by atoms with Crippen LogP contribution in [0.4, 0.5) is 5.69 Å². The minimum atomic E-state index is 0.567. The van der Waals surface area contributed by atoms with Crippen molar-refractivity contribution >= 4 is 44.7 Å². The van der Waals surface area contributed by atoms with Gasteiger partial charge in [-0.15, -0.1) is 23.1 Å². The monoisotopic (exact) mass is 367 g/mol. The molecule has 0 atom stereocenters. The van der Waals surface area contributed by atoms with Crippen molar-refractivity contribution in [1.82, 2.24) is 10.1 Å². The quantitative estimate of drug-likeness (QED) is 0.545. The Bertz CT molecular complexity index is 712. The van der Waals surface area contributed by atoms with Gasteiger partial charge in [-0.3, -0.25) is 0 Å². The number of benzene rings is 1. The minimum Gasteiger partial charge on any atom is -0.398 e. The minimum absolute atomic E-state index is 0.567. The van der Waals surface area contributed by atoms with Crippen molar-refractivity contribution in [2.45, 2.75) is 10.6 Å². The fraction of sp³-hybridized carbons (Fsp3) is 0.0769. The third-order valence-corrected chi connectivity index (χ3v) is 4.95. The van der Waals surface area contributed by atoms with E-state index in [4.69, 9.17) is 10.3 Å². The number of nitrogen functional groups attached to an aromatic ring is 1. The van der Waals surface area contributed by atoms with Crippen LogP contribution in [0, 0.1) is 0 Å². The topological polar surface area (TPSA) is 64.9 Å². The molecule has 3 aromatic rings. The van der Waals surface area contributed by atoms with Gasteiger partial charge in [-0.25, -0.2) is 0 Å². The fourth-order valence-electron chi connectivity index (χ4n) is 1.59. The van der Waals surface area contributed by atoms with Crippen molar-refractivity contribution in [3.8, 4) is 10.8 Å². The van der Waals surface area contributed by atoms with E-state index in [1.54, 1.807) is 23.1 Å². The Morgan fingerprint density at radius 1 is 1.35 bits per heavy atom. The summed E-state index contributed by atoms with van der Waals surface area (Å²) in [5, 5.41) is 5.97. The van der Waals surface area contributed by atoms with Gasteiger partial charge in [0.05, 0.1) is 10.6 Å². The summed E-state index contributed by atoms with van der Waals surface area (Å²) in [5.74, 6) is 1.85. The Morgan fingerprint density at radius 3 is 3.05 bits per heavy atom. The van der Waals surface area contributed by atoms with Crippen molar-refractivity contribution in [3.05, 3.63) is 46.0 Å². The van der Waals surface area contributed by atoms with Gasteiger partial charge < -0.3 is 10.3 Å². The van der Waals surface area contributed by atoms with Gasteiger partial charge in [0.15, 0.2) is 5.82 Å². The summed E-state index contributed by atoms with van der Waals surface area (Å²) in [6.45, 7) is 0. The van der Waals surface area contributed by atoms with Gasteiger partial charge in [0.25, 0.3) is 5.89 Å². The van der Waals surface area contributed by atoms with Crippen LogP contribution in [0.3, 0.4) is 0 Å². The highest BCUT2D eigenvalue weighted by atomic mass is 79.9. The number of nitrogens with zero attached hydrogens (tertiary/aromatic N) is 2. The number of thiophene rings is 1. The predicted octanol–water partition coefficient (Wildman–Crippen LogP) is 4.44. The second-order valence-electron chi connectivity index (χ2n) is 3.96. The zero-order valence-electron chi connectivity index (χ0n) is 10.2. The third kappa shape index (κ3) is 3.05. The molecule has 4 nitrogen and oxygen atoms in total. The summed E-state index contributed by atoms with van der Waals surface area (Å²) in [5.41, 5.74) is 6.68. The SMILES string of the molecule is Nc1ccc(Br)cc1SCc1noc(-c2cccs2)n1. The lowest BCUT2D eigenvalue weighted by atomic mass is 10.3. The summed E-state index contributed by atoms with van der Waals surface area (Å²) in [6.07, 6.45) is 0. The van der Waals surface area contributed by atoms with Gasteiger partial charge >= 0.3 is 0 Å². The van der Waals surface area contributed by atoms with Gasteiger partial charge in [-0.2, -0.15) is 4.98 Å². The van der Waals surface area contributed by atoms with E-state index in [1.165, 1.54) is 0 Å². The first-order valence-electron chi connectivity index (χ1n) is 5.76. The van der Waals surface area contributed by atoms with Gasteiger partial charge in [-0.05, 0) is 29.6 Å². The standard InChI is InChI=1S/C13H10BrN3OS2/c14-8-3-4-9(15)11(6-8)20-7-12-16-13(18-17-12)10-2-1-5-19-10/h1-6H,7,15H2. The Labute approximate surface area is 132 Å². The molecule has 0 aliphatic rings. The molecule has 0 fully saturated rings. The number of aromatic nitrogens is 2. The number of nitrogens with two attached hydrogens (primary N) is 1. The molecule has 2 heterocycles. The molecule has 102 valence electrons. The molecule has 2 aromatic heterocycles. The van der Waals surface area contributed by atoms with Crippen LogP contribution in [0.2, 0.25) is 0 Å². The summed E-state index contributed by atoms with van der Waals surface area (Å²) in [7, 11) is 0. The second-order valence-corrected chi connectivity index (χ2v) is 6.84. The molecular weight excluding hydrogens is 358 g/mol. The van der Waals surface area contributed by atoms with Crippen LogP contribution < -0.4 is 5.73 Å². The van der Waals surface area contributed by atoms with Gasteiger partial charge in [-0.1, -0.05) is 27.2 Å². The predicted molar refractivity (Wildman–Crippen MR) is 85.7 cm³/mol. The summed E-state index contributed by atoms with van der Waals surface area (Å²) in [4.78, 5) is 6.36. The van der Waals surface area contributed by atoms with E-state index in [9.17, 15) is 0 Å². The zero-order valence-corrected chi connectivity index (χ0v) is 13.5. The average molecular weight is 368 g/mol. The lowest BCUT2D eigenvalue weighted by Crippen LogP contribution is -1.90. The van der Waals surface area contributed by atoms with Crippen LogP contribution in [-0.4, -0.2) is 10.1 Å². The van der Waals surface area contributed by atoms with Crippen molar-refractivity contribution in [2.24, 2.45) is 0 Å². The van der Waals surface area contributed by atoms with E-state index in [2.05, 4.69) is 26.1 Å². The Balaban J connectivity index is 1.71. The molecule has 0 aliphatic heterocycles. The van der Waals surface area contributed by atoms with E-state index in [1.807, 2.05) is 35.7 Å². The molecule has 0 aliphatic carbocycles. The van der Waals surface area contributed by atoms with E-state index < -0.39 is 0 Å². The van der Waals surface area contributed by atoms with Crippen LogP contribution in [-0.2, 0) is 5.75 Å². The highest BCUT2D eigenvalue weighted by Crippen LogP contribution is 2.31. The molecule has 0 unspecified atom stereocenters. The van der Waals surface area contributed by atoms with E-state index >= 15 is 0 Å². The van der Waals surface area contributed by atoms with Crippen LogP contribution in [0.25, 0.3) is 10.8 Å². The van der Waals surface area contributed by atoms with E-state index in [0.717, 1.165) is 19.9 Å². The molecule has 2 N–H and O–H groups in total. The highest BCUT2D eigenvalue weighted by Gasteiger charge is 2.10. The maximum absolute atomic E-state index is 5.93. The van der Waals surface area contributed by atoms with Crippen LogP contribution in [0.5, 0.6) is 0 Å². The van der Waals surface area contributed by atoms with E-state index in [-0.39, 0.29) is 0 Å². The number of halogens is 1. The highest BCUT2D eigenvalue weighted by molar-refractivity contribution is 9.10. The molecule has 0 saturated carbocycles. The number of rotatable bonds is 4. The maximum atomic E-state index is 5.93. The van der Waals surface area contributed by atoms with Crippen molar-refractivity contribution in [3.63, 3.8) is 0 Å². The first-order valence-corrected chi connectivity index (χ1v) is 8.42. The maximum Gasteiger partial charge on any atom is 0.268 e. The molecule has 0 spiro atoms. The Hall–Kier alpha value is -1.31. The van der Waals surface area contributed by atoms with Crippen molar-refractivity contribution in [2.75, 3.05) is 5.73 Å². The number of hydrogen-bond donors (Lipinski definition) is 1. The lowest BCUT2D eigenvalue weighted by Gasteiger charge is -2.03. The first-order chi connectivity index (χ1) is 9.72. The first kappa shape index (κ1) is 13.7. The molecule has 0 bridgehead atoms. The normalized spacial score (nSPS) is 10.8. The van der Waals surface area contributed by atoms with Gasteiger partial charge in [0, 0.05) is 15.1 Å². The lowest BCUT2D eigenvalue weighted by molar-refractivity contribution is 0.426. The number of thioether (sulfide) groups is 1. The summed E-state index contributed by atoms with van der Waals surface area (Å²) in [6, 6.07) is 9.70. The van der Waals surface area contributed by atoms with Crippen LogP contribution in [0.15, 0.2) is 49.6 Å². The molecule has 0 amide bonds. The Morgan fingerprint density at radius 2 is 2.25 bits per heavy atom. The smallest absolute Gasteiger partial charge is 0.268 e. The van der Waals surface area contributed by atoms with Gasteiger partial charge in [0.1, 0.15) is 0 Å². The van der Waals surface area contributed by atoms with Crippen molar-refractivity contribution < 1.29 is 4.52 Å². The zero-order chi connectivity index (χ0) is 13.9. The molecule has 0 radical (unpaired) electrons. The van der Waals surface area contributed by atoms with E-state index in [0.29, 0.717) is 17.5 Å². The molecule has 7 heteroatoms. The molecule has 0 saturated heterocycles. The van der Waals surface area contributed by atoms with Gasteiger partial charge in [0.2, 0.25) is 0 Å². The third-order valence-electron chi connectivity index (χ3n) is 2.53. The fourth-order valence-corrected chi connectivity index (χ4v) is 3.59. The number of anilines is 1. The average Bonchev–Trinajstić information content (AvgIpc) is 3.09. The largest absolute Gasteiger partial charge is 0.398 e. The second kappa shape index (κ2) is 5.99. The number of hydrogen-bond acceptors (Lipinski definition) is 6. The Kier molecular flexibility index (Phi) is 4.09. The summed E-state index contributed by atoms with van der Waals surface area (Å²) < 4.78 is 6.25. The van der Waals surface area contributed by atoms with Crippen LogP contribution in [0.1, 0.15) is 5.82 Å². The van der Waals surface area contributed by atoms with Crippen molar-refractivity contribution in [1.29, 1.82) is 0 Å². The molecule has 20 heavy (non-hydrogen) atoms. The summed E-state index contributed by atoms with van der Waals surface area (Å²) >= 11 is 6.60. The van der Waals surface area contributed by atoms with Crippen LogP contribution >= 0.6 is 39.0 Å². The molecule has 1 aromatic carbocycles.